The average molecular weight is 182 g/mol. The fourth-order valence-corrected chi connectivity index (χ4v) is 1.35. The Balaban J connectivity index is 2.05. The van der Waals surface area contributed by atoms with Gasteiger partial charge in [0.2, 0.25) is 5.95 Å². The first-order chi connectivity index (χ1) is 6.40. The van der Waals surface area contributed by atoms with E-state index in [1.54, 1.807) is 0 Å². The molecule has 0 atom stereocenters. The zero-order chi connectivity index (χ0) is 9.10. The topological polar surface area (TPSA) is 54.0 Å². The number of hydrogen-bond acceptors (Lipinski definition) is 4. The van der Waals surface area contributed by atoms with Crippen molar-refractivity contribution in [1.29, 1.82) is 0 Å². The van der Waals surface area contributed by atoms with Crippen LogP contribution in [0.15, 0.2) is 0 Å². The van der Waals surface area contributed by atoms with Gasteiger partial charge in [-0.1, -0.05) is 6.92 Å². The summed E-state index contributed by atoms with van der Waals surface area (Å²) in [7, 11) is 0. The third kappa shape index (κ3) is 1.80. The molecule has 5 nitrogen and oxygen atoms in total. The zero-order valence-corrected chi connectivity index (χ0v) is 7.79. The van der Waals surface area contributed by atoms with Crippen LogP contribution in [-0.4, -0.2) is 41.5 Å². The van der Waals surface area contributed by atoms with Crippen LogP contribution >= 0.6 is 0 Å². The number of aromatic amines is 1. The highest BCUT2D eigenvalue weighted by Crippen LogP contribution is 2.08. The maximum Gasteiger partial charge on any atom is 0.244 e. The number of H-pyrrole nitrogens is 1. The number of morpholine rings is 1. The van der Waals surface area contributed by atoms with E-state index in [1.807, 2.05) is 0 Å². The van der Waals surface area contributed by atoms with E-state index < -0.39 is 0 Å². The molecule has 0 bridgehead atoms. The Bertz CT molecular complexity index is 267. The van der Waals surface area contributed by atoms with Crippen molar-refractivity contribution in [2.45, 2.75) is 13.3 Å². The molecule has 1 saturated heterocycles. The van der Waals surface area contributed by atoms with Gasteiger partial charge in [-0.05, 0) is 0 Å². The highest BCUT2D eigenvalue weighted by Gasteiger charge is 2.14. The van der Waals surface area contributed by atoms with Crippen LogP contribution in [0.2, 0.25) is 0 Å². The quantitative estimate of drug-likeness (QED) is 0.710. The molecule has 1 aromatic rings. The fraction of sp³-hybridized carbons (Fsp3) is 0.750. The lowest BCUT2D eigenvalue weighted by Crippen LogP contribution is -2.36. The molecular formula is C8H14N4O. The van der Waals surface area contributed by atoms with Crippen LogP contribution in [-0.2, 0) is 11.2 Å². The van der Waals surface area contributed by atoms with Crippen molar-refractivity contribution in [3.63, 3.8) is 0 Å². The molecule has 1 fully saturated rings. The van der Waals surface area contributed by atoms with Gasteiger partial charge < -0.3 is 9.64 Å². The minimum Gasteiger partial charge on any atom is -0.378 e. The number of anilines is 1. The lowest BCUT2D eigenvalue weighted by molar-refractivity contribution is 0.122. The second-order valence-corrected chi connectivity index (χ2v) is 3.04. The third-order valence-electron chi connectivity index (χ3n) is 2.15. The molecule has 1 aliphatic heterocycles. The first kappa shape index (κ1) is 8.50. The summed E-state index contributed by atoms with van der Waals surface area (Å²) in [6, 6.07) is 0. The van der Waals surface area contributed by atoms with Gasteiger partial charge in [-0.15, -0.1) is 5.10 Å². The lowest BCUT2D eigenvalue weighted by atomic mass is 10.4. The Morgan fingerprint density at radius 1 is 1.46 bits per heavy atom. The summed E-state index contributed by atoms with van der Waals surface area (Å²) in [4.78, 5) is 6.49. The summed E-state index contributed by atoms with van der Waals surface area (Å²) in [5, 5.41) is 7.05. The van der Waals surface area contributed by atoms with E-state index in [-0.39, 0.29) is 0 Å². The van der Waals surface area contributed by atoms with Gasteiger partial charge in [0.1, 0.15) is 5.82 Å². The molecule has 1 aliphatic rings. The Kier molecular flexibility index (Phi) is 2.44. The Morgan fingerprint density at radius 2 is 2.23 bits per heavy atom. The molecule has 0 radical (unpaired) electrons. The highest BCUT2D eigenvalue weighted by atomic mass is 16.5. The van der Waals surface area contributed by atoms with Crippen LogP contribution in [0, 0.1) is 0 Å². The lowest BCUT2D eigenvalue weighted by Gasteiger charge is -2.25. The van der Waals surface area contributed by atoms with Crippen molar-refractivity contribution >= 4 is 5.95 Å². The van der Waals surface area contributed by atoms with E-state index in [1.165, 1.54) is 0 Å². The Morgan fingerprint density at radius 3 is 2.85 bits per heavy atom. The van der Waals surface area contributed by atoms with E-state index in [2.05, 4.69) is 27.0 Å². The summed E-state index contributed by atoms with van der Waals surface area (Å²) in [6.45, 7) is 5.39. The van der Waals surface area contributed by atoms with Crippen LogP contribution in [0.25, 0.3) is 0 Å². The number of aryl methyl sites for hydroxylation is 1. The van der Waals surface area contributed by atoms with Crippen LogP contribution in [0.3, 0.4) is 0 Å². The summed E-state index contributed by atoms with van der Waals surface area (Å²) in [5.41, 5.74) is 0. The fourth-order valence-electron chi connectivity index (χ4n) is 1.35. The molecule has 1 N–H and O–H groups in total. The van der Waals surface area contributed by atoms with Crippen molar-refractivity contribution in [2.24, 2.45) is 0 Å². The molecule has 0 unspecified atom stereocenters. The molecule has 0 aliphatic carbocycles. The molecule has 13 heavy (non-hydrogen) atoms. The number of hydrogen-bond donors (Lipinski definition) is 1. The van der Waals surface area contributed by atoms with Gasteiger partial charge in [-0.25, -0.2) is 0 Å². The van der Waals surface area contributed by atoms with E-state index in [0.29, 0.717) is 0 Å². The molecule has 0 amide bonds. The zero-order valence-electron chi connectivity index (χ0n) is 7.79. The molecule has 72 valence electrons. The SMILES string of the molecule is CCc1nc(N2CCOCC2)n[nH]1. The van der Waals surface area contributed by atoms with Crippen LogP contribution in [0.5, 0.6) is 0 Å². The molecule has 0 saturated carbocycles. The minimum atomic E-state index is 0.774. The van der Waals surface area contributed by atoms with E-state index in [9.17, 15) is 0 Å². The Labute approximate surface area is 77.1 Å². The van der Waals surface area contributed by atoms with Gasteiger partial charge >= 0.3 is 0 Å². The summed E-state index contributed by atoms with van der Waals surface area (Å²) >= 11 is 0. The van der Waals surface area contributed by atoms with Crippen molar-refractivity contribution in [3.05, 3.63) is 5.82 Å². The van der Waals surface area contributed by atoms with Crippen molar-refractivity contribution in [2.75, 3.05) is 31.2 Å². The second-order valence-electron chi connectivity index (χ2n) is 3.04. The second kappa shape index (κ2) is 3.74. The van der Waals surface area contributed by atoms with Crippen LogP contribution in [0.1, 0.15) is 12.7 Å². The third-order valence-corrected chi connectivity index (χ3v) is 2.15. The van der Waals surface area contributed by atoms with E-state index in [4.69, 9.17) is 4.74 Å². The Hall–Kier alpha value is -1.10. The molecule has 0 aromatic carbocycles. The predicted octanol–water partition coefficient (Wildman–Crippen LogP) is 0.204. The predicted molar refractivity (Wildman–Crippen MR) is 48.8 cm³/mol. The molecule has 5 heteroatoms. The highest BCUT2D eigenvalue weighted by molar-refractivity contribution is 5.28. The first-order valence-corrected chi connectivity index (χ1v) is 4.64. The van der Waals surface area contributed by atoms with Gasteiger partial charge in [-0.2, -0.15) is 4.98 Å². The van der Waals surface area contributed by atoms with Gasteiger partial charge in [-0.3, -0.25) is 5.10 Å². The number of nitrogens with one attached hydrogen (secondary N) is 1. The smallest absolute Gasteiger partial charge is 0.244 e. The number of rotatable bonds is 2. The summed E-state index contributed by atoms with van der Waals surface area (Å²) in [6.07, 6.45) is 0.900. The van der Waals surface area contributed by atoms with Gasteiger partial charge in [0, 0.05) is 19.5 Å². The standard InChI is InChI=1S/C8H14N4O/c1-2-7-9-8(11-10-7)12-3-5-13-6-4-12/h2-6H2,1H3,(H,9,10,11). The molecule has 0 spiro atoms. The van der Waals surface area contributed by atoms with Crippen molar-refractivity contribution in [1.82, 2.24) is 15.2 Å². The van der Waals surface area contributed by atoms with Gasteiger partial charge in [0.15, 0.2) is 0 Å². The maximum atomic E-state index is 5.25. The number of nitrogens with zero attached hydrogens (tertiary/aromatic N) is 3. The molecule has 2 heterocycles. The maximum absolute atomic E-state index is 5.25. The van der Waals surface area contributed by atoms with E-state index >= 15 is 0 Å². The normalized spacial score (nSPS) is 17.8. The van der Waals surface area contributed by atoms with E-state index in [0.717, 1.165) is 44.5 Å². The number of ether oxygens (including phenoxy) is 1. The first-order valence-electron chi connectivity index (χ1n) is 4.64. The van der Waals surface area contributed by atoms with Gasteiger partial charge in [0.05, 0.1) is 13.2 Å². The molecular weight excluding hydrogens is 168 g/mol. The number of aromatic nitrogens is 3. The minimum absolute atomic E-state index is 0.774. The average Bonchev–Trinajstić information content (AvgIpc) is 2.67. The van der Waals surface area contributed by atoms with Crippen LogP contribution in [0.4, 0.5) is 5.95 Å². The van der Waals surface area contributed by atoms with Crippen molar-refractivity contribution < 1.29 is 4.74 Å². The summed E-state index contributed by atoms with van der Waals surface area (Å²) < 4.78 is 5.25. The molecule has 2 rings (SSSR count). The monoisotopic (exact) mass is 182 g/mol. The van der Waals surface area contributed by atoms with Crippen LogP contribution < -0.4 is 4.90 Å². The van der Waals surface area contributed by atoms with Gasteiger partial charge in [0.25, 0.3) is 0 Å². The van der Waals surface area contributed by atoms with Crippen molar-refractivity contribution in [3.8, 4) is 0 Å². The largest absolute Gasteiger partial charge is 0.378 e. The molecule has 1 aromatic heterocycles. The summed E-state index contributed by atoms with van der Waals surface area (Å²) in [5.74, 6) is 1.75.